The molecule has 0 bridgehead atoms. The van der Waals surface area contributed by atoms with Crippen molar-refractivity contribution in [3.05, 3.63) is 71.9 Å². The van der Waals surface area contributed by atoms with E-state index in [0.29, 0.717) is 5.56 Å². The number of fused-ring (bicyclic) bond motifs is 1. The molecule has 1 aliphatic rings. The second-order valence-corrected chi connectivity index (χ2v) is 16.8. The number of benzene rings is 2. The third kappa shape index (κ3) is 29.1. The number of H-pyrrole nitrogens is 1. The minimum Gasteiger partial charge on any atom is -0.480 e. The Kier molecular flexibility index (Phi) is 31.8. The number of carbonyl (C=O) groups excluding carboxylic acids is 9. The van der Waals surface area contributed by atoms with Crippen molar-refractivity contribution in [3.8, 4) is 0 Å². The number of nitrogens with zero attached hydrogens (tertiary/aromatic N) is 2. The zero-order valence-corrected chi connectivity index (χ0v) is 43.5. The molecule has 1 aromatic heterocycles. The van der Waals surface area contributed by atoms with E-state index in [1.54, 1.807) is 30.3 Å². The molecule has 0 saturated carbocycles. The quantitative estimate of drug-likeness (QED) is 0.0610. The first kappa shape index (κ1) is 65.2. The summed E-state index contributed by atoms with van der Waals surface area (Å²) in [6.45, 7) is 7.06. The fourth-order valence-corrected chi connectivity index (χ4v) is 6.57. The molecule has 1 saturated heterocycles. The van der Waals surface area contributed by atoms with E-state index in [1.165, 1.54) is 16.5 Å². The summed E-state index contributed by atoms with van der Waals surface area (Å²) >= 11 is 0. The molecule has 20 N–H and O–H groups in total. The number of aliphatic imine (C=N–C) groups is 2. The highest BCUT2D eigenvalue weighted by Gasteiger charge is 2.32. The molecule has 76 heavy (non-hydrogen) atoms. The Labute approximate surface area is 440 Å². The van der Waals surface area contributed by atoms with E-state index in [9.17, 15) is 53.1 Å². The van der Waals surface area contributed by atoms with E-state index in [2.05, 4.69) is 94.9 Å². The molecule has 418 valence electrons. The van der Waals surface area contributed by atoms with Crippen LogP contribution in [0.1, 0.15) is 83.8 Å². The zero-order valence-electron chi connectivity index (χ0n) is 43.5. The van der Waals surface area contributed by atoms with Gasteiger partial charge in [0.2, 0.25) is 53.2 Å². The minimum atomic E-state index is -1.69. The molecule has 4 atom stereocenters. The third-order valence-electron chi connectivity index (χ3n) is 10.3. The van der Waals surface area contributed by atoms with Gasteiger partial charge < -0.3 is 81.3 Å². The number of carboxylic acids is 1. The SMILES string of the molecule is CC(=O)NCC(=O)NC1CC(=O)NCCCCC(C(=O)O)NC(=O)CNC(=O)CNC(=O)C(Cc2ccccc2)NC(=O)[C@H](CC(N)=O)NC1=O.CCCN=C(N)N.CCCN=C(N)N.CCc1c[nH]c2ccccc12. The standard InChI is InChI=1S/C31H43N9O11.C10H11N.2C4H11N3/c1-17(41)34-15-26(45)38-22-13-24(43)33-10-6-5-9-19(31(50)51)37-27(46)16-35-25(44)14-36-28(47)20(11-18-7-3-2-4-8-18)39-29(48)21(12-23(32)42)40-30(22)49;1-2-8-7-11-10-6-4-3-5-9(8)10;2*1-2-3-7-4(5)6/h2-4,7-8,19-22H,5-6,9-16H2,1H3,(H2,32,42)(H,33,43)(H,34,41)(H,35,44)(H,36,47)(H,37,46)(H,38,45)(H,39,48)(H,40,49)(H,50,51);3-7,11H,2H2,1H3;2*2-3H2,1H3,(H4,5,6,7)/t19?,20?,21-,22?;;;/m0.../s1. The topological polar surface area (TPSA) is 458 Å². The third-order valence-corrected chi connectivity index (χ3v) is 10.3. The van der Waals surface area contributed by atoms with Crippen LogP contribution in [0.3, 0.4) is 0 Å². The molecule has 0 radical (unpaired) electrons. The maximum Gasteiger partial charge on any atom is 0.326 e. The van der Waals surface area contributed by atoms with E-state index in [-0.39, 0.29) is 44.1 Å². The predicted molar refractivity (Wildman–Crippen MR) is 285 cm³/mol. The number of aromatic amines is 1. The molecule has 0 spiro atoms. The number of hydrogen-bond acceptors (Lipinski definition) is 12. The van der Waals surface area contributed by atoms with Crippen LogP contribution < -0.4 is 71.2 Å². The van der Waals surface area contributed by atoms with Crippen LogP contribution in [0.4, 0.5) is 0 Å². The van der Waals surface area contributed by atoms with Crippen molar-refractivity contribution >= 4 is 82.0 Å². The first-order valence-corrected chi connectivity index (χ1v) is 24.6. The lowest BCUT2D eigenvalue weighted by atomic mass is 10.0. The van der Waals surface area contributed by atoms with Gasteiger partial charge in [0, 0.05) is 50.1 Å². The smallest absolute Gasteiger partial charge is 0.326 e. The Bertz CT molecular complexity index is 2400. The van der Waals surface area contributed by atoms with Crippen LogP contribution >= 0.6 is 0 Å². The van der Waals surface area contributed by atoms with E-state index < -0.39 is 116 Å². The van der Waals surface area contributed by atoms with Crippen LogP contribution in [-0.4, -0.2) is 145 Å². The van der Waals surface area contributed by atoms with E-state index in [4.69, 9.17) is 28.7 Å². The normalized spacial score (nSPS) is 17.8. The number of nitrogens with two attached hydrogens (primary N) is 5. The maximum absolute atomic E-state index is 13.5. The number of rotatable bonds is 13. The van der Waals surface area contributed by atoms with Crippen molar-refractivity contribution in [2.45, 2.75) is 110 Å². The number of aryl methyl sites for hydroxylation is 1. The van der Waals surface area contributed by atoms with Crippen LogP contribution in [0.25, 0.3) is 10.9 Å². The van der Waals surface area contributed by atoms with E-state index >= 15 is 0 Å². The molecule has 0 aliphatic carbocycles. The summed E-state index contributed by atoms with van der Waals surface area (Å²) in [4.78, 5) is 136. The largest absolute Gasteiger partial charge is 0.480 e. The summed E-state index contributed by atoms with van der Waals surface area (Å²) in [6.07, 6.45) is 4.10. The Hall–Kier alpha value is -8.78. The number of amides is 9. The van der Waals surface area contributed by atoms with Gasteiger partial charge in [0.1, 0.15) is 24.2 Å². The molecule has 3 aromatic rings. The number of hydrogen-bond donors (Lipinski definition) is 15. The second-order valence-electron chi connectivity index (χ2n) is 16.8. The van der Waals surface area contributed by atoms with Gasteiger partial charge in [-0.3, -0.25) is 53.1 Å². The summed E-state index contributed by atoms with van der Waals surface area (Å²) in [5.41, 5.74) is 28.6. The van der Waals surface area contributed by atoms with Crippen LogP contribution in [-0.2, 0) is 60.8 Å². The number of carbonyl (C=O) groups is 10. The first-order valence-electron chi connectivity index (χ1n) is 24.6. The lowest BCUT2D eigenvalue weighted by molar-refractivity contribution is -0.142. The summed E-state index contributed by atoms with van der Waals surface area (Å²) in [7, 11) is 0. The number of primary amides is 1. The van der Waals surface area contributed by atoms with Crippen LogP contribution in [0.2, 0.25) is 0 Å². The highest BCUT2D eigenvalue weighted by Crippen LogP contribution is 2.17. The fourth-order valence-electron chi connectivity index (χ4n) is 6.57. The average Bonchev–Trinajstić information content (AvgIpc) is 3.80. The van der Waals surface area contributed by atoms with Crippen LogP contribution in [0.15, 0.2) is 70.8 Å². The Balaban J connectivity index is 0.000000927. The Morgan fingerprint density at radius 1 is 0.697 bits per heavy atom. The van der Waals surface area contributed by atoms with Crippen LogP contribution in [0, 0.1) is 0 Å². The minimum absolute atomic E-state index is 0.0138. The molecule has 27 heteroatoms. The van der Waals surface area contributed by atoms with E-state index in [0.717, 1.165) is 39.3 Å². The van der Waals surface area contributed by atoms with Crippen molar-refractivity contribution in [3.63, 3.8) is 0 Å². The average molecular weight is 1070 g/mol. The Morgan fingerprint density at radius 2 is 1.30 bits per heavy atom. The molecule has 4 rings (SSSR count). The molecule has 27 nitrogen and oxygen atoms in total. The molecule has 9 amide bonds. The van der Waals surface area contributed by atoms with Gasteiger partial charge in [-0.15, -0.1) is 0 Å². The van der Waals surface area contributed by atoms with Gasteiger partial charge in [-0.05, 0) is 55.7 Å². The summed E-state index contributed by atoms with van der Waals surface area (Å²) in [5, 5.41) is 29.5. The van der Waals surface area contributed by atoms with Gasteiger partial charge in [0.05, 0.1) is 32.5 Å². The number of guanidine groups is 2. The van der Waals surface area contributed by atoms with Gasteiger partial charge in [-0.2, -0.15) is 0 Å². The van der Waals surface area contributed by atoms with Gasteiger partial charge >= 0.3 is 5.97 Å². The first-order chi connectivity index (χ1) is 36.1. The number of para-hydroxylation sites is 1. The summed E-state index contributed by atoms with van der Waals surface area (Å²) in [5.74, 6) is -8.75. The van der Waals surface area contributed by atoms with Crippen molar-refractivity contribution in [1.82, 2.24) is 47.5 Å². The molecule has 2 heterocycles. The molecule has 1 aliphatic heterocycles. The number of aromatic nitrogens is 1. The molecule has 2 aromatic carbocycles. The predicted octanol–water partition coefficient (Wildman–Crippen LogP) is -2.74. The molecule has 1 fully saturated rings. The van der Waals surface area contributed by atoms with E-state index in [1.807, 2.05) is 13.8 Å². The summed E-state index contributed by atoms with van der Waals surface area (Å²) < 4.78 is 0. The van der Waals surface area contributed by atoms with Crippen molar-refractivity contribution in [2.75, 3.05) is 39.3 Å². The molecular weight excluding hydrogens is 989 g/mol. The maximum atomic E-state index is 13.5. The van der Waals surface area contributed by atoms with Crippen molar-refractivity contribution < 1.29 is 53.1 Å². The highest BCUT2D eigenvalue weighted by molar-refractivity contribution is 5.99. The molecular formula is C49H76N16O11. The molecule has 3 unspecified atom stereocenters. The van der Waals surface area contributed by atoms with Crippen molar-refractivity contribution in [1.29, 1.82) is 0 Å². The van der Waals surface area contributed by atoms with Gasteiger partial charge in [0.25, 0.3) is 0 Å². The second kappa shape index (κ2) is 37.0. The Morgan fingerprint density at radius 3 is 1.87 bits per heavy atom. The summed E-state index contributed by atoms with van der Waals surface area (Å²) in [6, 6.07) is 10.8. The highest BCUT2D eigenvalue weighted by atomic mass is 16.4. The van der Waals surface area contributed by atoms with Crippen LogP contribution in [0.5, 0.6) is 0 Å². The van der Waals surface area contributed by atoms with Gasteiger partial charge in [-0.25, -0.2) is 4.79 Å². The lowest BCUT2D eigenvalue weighted by Crippen LogP contribution is -2.59. The number of carboxylic acid groups (broad SMARTS) is 1. The van der Waals surface area contributed by atoms with Crippen molar-refractivity contribution in [2.24, 2.45) is 38.7 Å². The number of aliphatic carboxylic acids is 1. The lowest BCUT2D eigenvalue weighted by Gasteiger charge is -2.25. The van der Waals surface area contributed by atoms with Gasteiger partial charge in [-0.1, -0.05) is 69.3 Å². The fraction of sp³-hybridized carbons (Fsp3) is 0.469. The zero-order chi connectivity index (χ0) is 57.0. The number of nitrogens with one attached hydrogen (secondary N) is 9. The van der Waals surface area contributed by atoms with Gasteiger partial charge in [0.15, 0.2) is 11.9 Å². The monoisotopic (exact) mass is 1060 g/mol.